The Morgan fingerprint density at radius 3 is 1.14 bits per heavy atom. The van der Waals surface area contributed by atoms with Crippen LogP contribution in [0.1, 0.15) is 0 Å². The standard InChI is InChI=1S/C12H12O2/c1-2-10-6-14-8-12(10)4-3-11-7-13-5-9(1)11/h1-4H,5-8H2/b2-1-,4-3-,9-1?,10-2?,11-3?,12-4?. The maximum absolute atomic E-state index is 5.40. The van der Waals surface area contributed by atoms with Crippen molar-refractivity contribution in [3.63, 3.8) is 0 Å². The van der Waals surface area contributed by atoms with E-state index in [4.69, 9.17) is 9.47 Å². The van der Waals surface area contributed by atoms with Gasteiger partial charge in [-0.15, -0.1) is 0 Å². The van der Waals surface area contributed by atoms with Crippen molar-refractivity contribution in [2.24, 2.45) is 0 Å². The molecule has 3 aliphatic rings. The maximum atomic E-state index is 5.40. The molecule has 0 amide bonds. The summed E-state index contributed by atoms with van der Waals surface area (Å²) >= 11 is 0. The van der Waals surface area contributed by atoms with Crippen LogP contribution in [-0.2, 0) is 9.47 Å². The second kappa shape index (κ2) is 3.23. The zero-order valence-electron chi connectivity index (χ0n) is 7.95. The minimum absolute atomic E-state index is 0.750. The van der Waals surface area contributed by atoms with Crippen molar-refractivity contribution in [1.29, 1.82) is 0 Å². The lowest BCUT2D eigenvalue weighted by molar-refractivity contribution is 0.205. The zero-order chi connectivity index (χ0) is 9.38. The summed E-state index contributed by atoms with van der Waals surface area (Å²) in [6.07, 6.45) is 8.65. The first-order valence-corrected chi connectivity index (χ1v) is 4.89. The van der Waals surface area contributed by atoms with Crippen LogP contribution < -0.4 is 0 Å². The average Bonchev–Trinajstić information content (AvgIpc) is 2.75. The zero-order valence-corrected chi connectivity index (χ0v) is 7.95. The van der Waals surface area contributed by atoms with Gasteiger partial charge in [-0.05, 0) is 22.3 Å². The van der Waals surface area contributed by atoms with E-state index in [9.17, 15) is 0 Å². The molecule has 3 rings (SSSR count). The third kappa shape index (κ3) is 1.27. The van der Waals surface area contributed by atoms with Crippen LogP contribution in [0.3, 0.4) is 0 Å². The van der Waals surface area contributed by atoms with Gasteiger partial charge in [0, 0.05) is 0 Å². The van der Waals surface area contributed by atoms with Crippen LogP contribution >= 0.6 is 0 Å². The molecule has 0 unspecified atom stereocenters. The molecule has 0 aromatic carbocycles. The molecule has 2 heteroatoms. The molecule has 1 aliphatic carbocycles. The Balaban J connectivity index is 1.99. The highest BCUT2D eigenvalue weighted by atomic mass is 16.5. The summed E-state index contributed by atoms with van der Waals surface area (Å²) < 4.78 is 10.8. The van der Waals surface area contributed by atoms with Crippen molar-refractivity contribution >= 4 is 0 Å². The number of hydrogen-bond acceptors (Lipinski definition) is 2. The van der Waals surface area contributed by atoms with E-state index in [1.807, 2.05) is 0 Å². The van der Waals surface area contributed by atoms with Crippen molar-refractivity contribution in [3.8, 4) is 0 Å². The summed E-state index contributed by atoms with van der Waals surface area (Å²) in [5.41, 5.74) is 5.22. The lowest BCUT2D eigenvalue weighted by Gasteiger charge is -2.01. The van der Waals surface area contributed by atoms with Gasteiger partial charge in [0.1, 0.15) is 0 Å². The molecule has 14 heavy (non-hydrogen) atoms. The lowest BCUT2D eigenvalue weighted by atomic mass is 10.0. The minimum atomic E-state index is 0.750. The van der Waals surface area contributed by atoms with Crippen molar-refractivity contribution in [2.45, 2.75) is 0 Å². The Bertz CT molecular complexity index is 313. The number of ether oxygens (including phenoxy) is 2. The number of rotatable bonds is 0. The Morgan fingerprint density at radius 1 is 0.571 bits per heavy atom. The average molecular weight is 188 g/mol. The summed E-state index contributed by atoms with van der Waals surface area (Å²) in [7, 11) is 0. The van der Waals surface area contributed by atoms with E-state index in [0.29, 0.717) is 0 Å². The second-order valence-electron chi connectivity index (χ2n) is 3.75. The number of hydrogen-bond donors (Lipinski definition) is 0. The molecular formula is C12H12O2. The normalized spacial score (nSPS) is 29.7. The largest absolute Gasteiger partial charge is 0.372 e. The lowest BCUT2D eigenvalue weighted by Crippen LogP contribution is -1.89. The van der Waals surface area contributed by atoms with Gasteiger partial charge in [0.2, 0.25) is 0 Å². The van der Waals surface area contributed by atoms with Gasteiger partial charge in [-0.1, -0.05) is 24.3 Å². The smallest absolute Gasteiger partial charge is 0.0724 e. The van der Waals surface area contributed by atoms with Crippen LogP contribution in [0.15, 0.2) is 46.6 Å². The highest BCUT2D eigenvalue weighted by molar-refractivity contribution is 5.47. The van der Waals surface area contributed by atoms with E-state index < -0.39 is 0 Å². The topological polar surface area (TPSA) is 18.5 Å². The predicted molar refractivity (Wildman–Crippen MR) is 54.0 cm³/mol. The molecule has 0 saturated carbocycles. The first-order chi connectivity index (χ1) is 6.93. The molecule has 0 spiro atoms. The van der Waals surface area contributed by atoms with Crippen LogP contribution in [0.2, 0.25) is 0 Å². The fourth-order valence-corrected chi connectivity index (χ4v) is 1.94. The van der Waals surface area contributed by atoms with E-state index >= 15 is 0 Å². The maximum Gasteiger partial charge on any atom is 0.0724 e. The van der Waals surface area contributed by atoms with Gasteiger partial charge in [0.05, 0.1) is 26.4 Å². The van der Waals surface area contributed by atoms with Gasteiger partial charge in [-0.25, -0.2) is 0 Å². The van der Waals surface area contributed by atoms with Crippen LogP contribution in [0, 0.1) is 0 Å². The molecule has 72 valence electrons. The van der Waals surface area contributed by atoms with Crippen molar-refractivity contribution in [2.75, 3.05) is 26.4 Å². The molecule has 0 aromatic heterocycles. The first-order valence-electron chi connectivity index (χ1n) is 4.89. The molecular weight excluding hydrogens is 176 g/mol. The predicted octanol–water partition coefficient (Wildman–Crippen LogP) is 1.77. The first kappa shape index (κ1) is 8.21. The molecule has 0 radical (unpaired) electrons. The van der Waals surface area contributed by atoms with Crippen LogP contribution in [0.4, 0.5) is 0 Å². The molecule has 2 aliphatic heterocycles. The van der Waals surface area contributed by atoms with Gasteiger partial charge in [-0.3, -0.25) is 0 Å². The molecule has 0 fully saturated rings. The van der Waals surface area contributed by atoms with E-state index in [2.05, 4.69) is 24.3 Å². The molecule has 0 atom stereocenters. The fraction of sp³-hybridized carbons (Fsp3) is 0.333. The highest BCUT2D eigenvalue weighted by Crippen LogP contribution is 2.24. The van der Waals surface area contributed by atoms with Crippen molar-refractivity contribution < 1.29 is 9.47 Å². The Hall–Kier alpha value is -1.12. The Kier molecular flexibility index (Phi) is 1.89. The van der Waals surface area contributed by atoms with E-state index in [-0.39, 0.29) is 0 Å². The summed E-state index contributed by atoms with van der Waals surface area (Å²) in [4.78, 5) is 0. The SMILES string of the molecule is C1=C\C2=C(/C=C\C3=C/1COC3)COC2. The van der Waals surface area contributed by atoms with Gasteiger partial charge in [0.15, 0.2) is 0 Å². The summed E-state index contributed by atoms with van der Waals surface area (Å²) in [6, 6.07) is 0. The van der Waals surface area contributed by atoms with Crippen molar-refractivity contribution in [3.05, 3.63) is 46.6 Å². The molecule has 0 saturated heterocycles. The third-order valence-corrected chi connectivity index (χ3v) is 2.83. The third-order valence-electron chi connectivity index (χ3n) is 2.83. The quantitative estimate of drug-likeness (QED) is 0.576. The van der Waals surface area contributed by atoms with Crippen molar-refractivity contribution in [1.82, 2.24) is 0 Å². The molecule has 0 bridgehead atoms. The van der Waals surface area contributed by atoms with Gasteiger partial charge < -0.3 is 9.47 Å². The Labute approximate surface area is 83.2 Å². The van der Waals surface area contributed by atoms with Crippen LogP contribution in [-0.4, -0.2) is 26.4 Å². The van der Waals surface area contributed by atoms with Crippen LogP contribution in [0.25, 0.3) is 0 Å². The van der Waals surface area contributed by atoms with Gasteiger partial charge >= 0.3 is 0 Å². The molecule has 0 N–H and O–H groups in total. The van der Waals surface area contributed by atoms with E-state index in [1.165, 1.54) is 22.3 Å². The molecule has 0 aromatic rings. The van der Waals surface area contributed by atoms with Crippen LogP contribution in [0.5, 0.6) is 0 Å². The van der Waals surface area contributed by atoms with E-state index in [0.717, 1.165) is 26.4 Å². The summed E-state index contributed by atoms with van der Waals surface area (Å²) in [6.45, 7) is 3.00. The minimum Gasteiger partial charge on any atom is -0.372 e. The highest BCUT2D eigenvalue weighted by Gasteiger charge is 2.15. The molecule has 2 heterocycles. The second-order valence-corrected chi connectivity index (χ2v) is 3.75. The van der Waals surface area contributed by atoms with Gasteiger partial charge in [-0.2, -0.15) is 0 Å². The fourth-order valence-electron chi connectivity index (χ4n) is 1.94. The molecule has 2 nitrogen and oxygen atoms in total. The van der Waals surface area contributed by atoms with Gasteiger partial charge in [0.25, 0.3) is 0 Å². The summed E-state index contributed by atoms with van der Waals surface area (Å²) in [5, 5.41) is 0. The Morgan fingerprint density at radius 2 is 0.857 bits per heavy atom. The summed E-state index contributed by atoms with van der Waals surface area (Å²) in [5.74, 6) is 0. The monoisotopic (exact) mass is 188 g/mol. The van der Waals surface area contributed by atoms with E-state index in [1.54, 1.807) is 0 Å².